The summed E-state index contributed by atoms with van der Waals surface area (Å²) in [6, 6.07) is 6.99. The van der Waals surface area contributed by atoms with Gasteiger partial charge in [-0.3, -0.25) is 4.72 Å². The number of thiazole rings is 1. The van der Waals surface area contributed by atoms with E-state index < -0.39 is 10.0 Å². The van der Waals surface area contributed by atoms with E-state index in [1.165, 1.54) is 16.2 Å². The summed E-state index contributed by atoms with van der Waals surface area (Å²) >= 11 is 1.44. The third-order valence-electron chi connectivity index (χ3n) is 3.49. The second-order valence-corrected chi connectivity index (χ2v) is 7.96. The molecule has 2 aromatic rings. The van der Waals surface area contributed by atoms with E-state index in [1.54, 1.807) is 24.3 Å². The van der Waals surface area contributed by atoms with Gasteiger partial charge < -0.3 is 5.73 Å². The standard InChI is InChI=1S/C14H17N3O2S2/c15-11-6-2-1-5-10(11)9-21(18,19)17-14-16-12-7-3-4-8-13(12)20-14/h1-2,5-6H,3-4,7-9,15H2,(H,16,17). The van der Waals surface area contributed by atoms with Crippen LogP contribution in [0.1, 0.15) is 29.0 Å². The maximum Gasteiger partial charge on any atom is 0.238 e. The number of aryl methyl sites for hydroxylation is 2. The number of nitrogen functional groups attached to an aromatic ring is 1. The lowest BCUT2D eigenvalue weighted by atomic mass is 10.0. The van der Waals surface area contributed by atoms with E-state index in [2.05, 4.69) is 9.71 Å². The Balaban J connectivity index is 1.77. The lowest BCUT2D eigenvalue weighted by Gasteiger charge is -2.07. The van der Waals surface area contributed by atoms with E-state index in [4.69, 9.17) is 5.73 Å². The summed E-state index contributed by atoms with van der Waals surface area (Å²) < 4.78 is 27.0. The Labute approximate surface area is 128 Å². The monoisotopic (exact) mass is 323 g/mol. The van der Waals surface area contributed by atoms with Crippen molar-refractivity contribution in [1.29, 1.82) is 0 Å². The molecule has 0 spiro atoms. The number of sulfonamides is 1. The number of nitrogens with one attached hydrogen (secondary N) is 1. The third kappa shape index (κ3) is 3.36. The Kier molecular flexibility index (Phi) is 3.86. The van der Waals surface area contributed by atoms with Crippen molar-refractivity contribution in [3.8, 4) is 0 Å². The Morgan fingerprint density at radius 1 is 1.24 bits per heavy atom. The molecule has 112 valence electrons. The van der Waals surface area contributed by atoms with Gasteiger partial charge in [0.05, 0.1) is 11.4 Å². The molecule has 0 fully saturated rings. The topological polar surface area (TPSA) is 85.1 Å². The van der Waals surface area contributed by atoms with Gasteiger partial charge in [0.15, 0.2) is 5.13 Å². The number of nitrogens with two attached hydrogens (primary N) is 1. The lowest BCUT2D eigenvalue weighted by molar-refractivity contribution is 0.600. The van der Waals surface area contributed by atoms with Gasteiger partial charge in [-0.15, -0.1) is 11.3 Å². The van der Waals surface area contributed by atoms with E-state index in [9.17, 15) is 8.42 Å². The number of aromatic nitrogens is 1. The van der Waals surface area contributed by atoms with Crippen molar-refractivity contribution < 1.29 is 8.42 Å². The molecule has 1 aliphatic rings. The minimum absolute atomic E-state index is 0.135. The average Bonchev–Trinajstić information content (AvgIpc) is 2.82. The molecular weight excluding hydrogens is 306 g/mol. The van der Waals surface area contributed by atoms with Gasteiger partial charge in [0.1, 0.15) is 0 Å². The van der Waals surface area contributed by atoms with Crippen molar-refractivity contribution >= 4 is 32.2 Å². The molecule has 7 heteroatoms. The largest absolute Gasteiger partial charge is 0.398 e. The number of rotatable bonds is 4. The first-order valence-corrected chi connectivity index (χ1v) is 9.33. The number of nitrogens with zero attached hydrogens (tertiary/aromatic N) is 1. The van der Waals surface area contributed by atoms with Crippen LogP contribution >= 0.6 is 11.3 Å². The Hall–Kier alpha value is -1.60. The molecule has 1 aromatic heterocycles. The zero-order chi connectivity index (χ0) is 14.9. The first-order valence-electron chi connectivity index (χ1n) is 6.86. The number of anilines is 2. The Morgan fingerprint density at radius 2 is 2.00 bits per heavy atom. The van der Waals surface area contributed by atoms with Crippen LogP contribution in [-0.4, -0.2) is 13.4 Å². The highest BCUT2D eigenvalue weighted by molar-refractivity contribution is 7.92. The predicted octanol–water partition coefficient (Wildman–Crippen LogP) is 2.55. The van der Waals surface area contributed by atoms with Gasteiger partial charge in [0.25, 0.3) is 0 Å². The number of hydrogen-bond donors (Lipinski definition) is 2. The zero-order valence-electron chi connectivity index (χ0n) is 11.5. The van der Waals surface area contributed by atoms with Gasteiger partial charge in [-0.1, -0.05) is 18.2 Å². The fourth-order valence-electron chi connectivity index (χ4n) is 2.44. The van der Waals surface area contributed by atoms with Crippen LogP contribution in [0.5, 0.6) is 0 Å². The number of benzene rings is 1. The molecule has 5 nitrogen and oxygen atoms in total. The number of fused-ring (bicyclic) bond motifs is 1. The minimum atomic E-state index is -3.49. The van der Waals surface area contributed by atoms with Crippen molar-refractivity contribution in [3.05, 3.63) is 40.4 Å². The second-order valence-electron chi connectivity index (χ2n) is 5.16. The van der Waals surface area contributed by atoms with E-state index in [0.29, 0.717) is 16.4 Å². The fourth-order valence-corrected chi connectivity index (χ4v) is 4.94. The number of para-hydroxylation sites is 1. The predicted molar refractivity (Wildman–Crippen MR) is 85.9 cm³/mol. The van der Waals surface area contributed by atoms with Crippen LogP contribution in [0.3, 0.4) is 0 Å². The van der Waals surface area contributed by atoms with Crippen LogP contribution in [0.2, 0.25) is 0 Å². The summed E-state index contributed by atoms with van der Waals surface area (Å²) in [7, 11) is -3.49. The van der Waals surface area contributed by atoms with E-state index >= 15 is 0 Å². The molecule has 0 radical (unpaired) electrons. The van der Waals surface area contributed by atoms with Gasteiger partial charge in [0, 0.05) is 10.6 Å². The van der Waals surface area contributed by atoms with Crippen LogP contribution in [0.25, 0.3) is 0 Å². The van der Waals surface area contributed by atoms with Gasteiger partial charge in [0.2, 0.25) is 10.0 Å². The molecule has 1 aromatic carbocycles. The van der Waals surface area contributed by atoms with Crippen molar-refractivity contribution in [2.24, 2.45) is 0 Å². The first kappa shape index (κ1) is 14.3. The van der Waals surface area contributed by atoms with Crippen molar-refractivity contribution in [2.45, 2.75) is 31.4 Å². The molecule has 3 rings (SSSR count). The SMILES string of the molecule is Nc1ccccc1CS(=O)(=O)Nc1nc2c(s1)CCCC2. The third-order valence-corrected chi connectivity index (χ3v) is 5.89. The lowest BCUT2D eigenvalue weighted by Crippen LogP contribution is -2.15. The molecule has 0 unspecified atom stereocenters. The molecule has 3 N–H and O–H groups in total. The van der Waals surface area contributed by atoms with Gasteiger partial charge in [-0.05, 0) is 37.3 Å². The summed E-state index contributed by atoms with van der Waals surface area (Å²) in [5, 5.41) is 0.469. The molecule has 21 heavy (non-hydrogen) atoms. The summed E-state index contributed by atoms with van der Waals surface area (Å²) in [5.41, 5.74) is 7.93. The van der Waals surface area contributed by atoms with Crippen LogP contribution in [0.15, 0.2) is 24.3 Å². The molecule has 0 atom stereocenters. The maximum absolute atomic E-state index is 12.2. The number of hydrogen-bond acceptors (Lipinski definition) is 5. The van der Waals surface area contributed by atoms with Crippen LogP contribution < -0.4 is 10.5 Å². The van der Waals surface area contributed by atoms with Crippen molar-refractivity contribution in [3.63, 3.8) is 0 Å². The van der Waals surface area contributed by atoms with E-state index in [1.807, 2.05) is 0 Å². The molecule has 0 bridgehead atoms. The second kappa shape index (κ2) is 5.65. The van der Waals surface area contributed by atoms with Crippen LogP contribution in [0, 0.1) is 0 Å². The Bertz CT molecular complexity index is 730. The molecule has 0 saturated carbocycles. The summed E-state index contributed by atoms with van der Waals surface area (Å²) in [6.07, 6.45) is 4.23. The molecule has 0 saturated heterocycles. The Morgan fingerprint density at radius 3 is 2.76 bits per heavy atom. The molecule has 1 heterocycles. The highest BCUT2D eigenvalue weighted by Crippen LogP contribution is 2.30. The minimum Gasteiger partial charge on any atom is -0.398 e. The van der Waals surface area contributed by atoms with Crippen molar-refractivity contribution in [1.82, 2.24) is 4.98 Å². The summed E-state index contributed by atoms with van der Waals surface area (Å²) in [6.45, 7) is 0. The van der Waals surface area contributed by atoms with Crippen LogP contribution in [0.4, 0.5) is 10.8 Å². The zero-order valence-corrected chi connectivity index (χ0v) is 13.1. The van der Waals surface area contributed by atoms with Gasteiger partial charge >= 0.3 is 0 Å². The molecular formula is C14H17N3O2S2. The van der Waals surface area contributed by atoms with Gasteiger partial charge in [-0.25, -0.2) is 13.4 Å². The quantitative estimate of drug-likeness (QED) is 0.847. The molecule has 0 amide bonds. The summed E-state index contributed by atoms with van der Waals surface area (Å²) in [4.78, 5) is 5.60. The summed E-state index contributed by atoms with van der Waals surface area (Å²) in [5.74, 6) is -0.135. The van der Waals surface area contributed by atoms with Crippen LogP contribution in [-0.2, 0) is 28.6 Å². The first-order chi connectivity index (χ1) is 10.0. The maximum atomic E-state index is 12.2. The van der Waals surface area contributed by atoms with Gasteiger partial charge in [-0.2, -0.15) is 0 Å². The smallest absolute Gasteiger partial charge is 0.238 e. The fraction of sp³-hybridized carbons (Fsp3) is 0.357. The molecule has 1 aliphatic carbocycles. The average molecular weight is 323 g/mol. The molecule has 0 aliphatic heterocycles. The van der Waals surface area contributed by atoms with E-state index in [0.717, 1.165) is 31.4 Å². The highest BCUT2D eigenvalue weighted by Gasteiger charge is 2.19. The highest BCUT2D eigenvalue weighted by atomic mass is 32.2. The van der Waals surface area contributed by atoms with Crippen molar-refractivity contribution in [2.75, 3.05) is 10.5 Å². The normalized spacial score (nSPS) is 14.7. The van der Waals surface area contributed by atoms with E-state index in [-0.39, 0.29) is 5.75 Å².